The predicted octanol–water partition coefficient (Wildman–Crippen LogP) is 4.68. The Morgan fingerprint density at radius 1 is 1.05 bits per heavy atom. The topological polar surface area (TPSA) is 42.0 Å². The van der Waals surface area contributed by atoms with Gasteiger partial charge in [-0.1, -0.05) is 36.4 Å². The average molecular weight is 308 g/mol. The van der Waals surface area contributed by atoms with E-state index in [4.69, 9.17) is 0 Å². The van der Waals surface area contributed by atoms with Gasteiger partial charge < -0.3 is 5.32 Å². The minimum absolute atomic E-state index is 0.121. The third-order valence-corrected chi connectivity index (χ3v) is 4.27. The number of amides is 1. The van der Waals surface area contributed by atoms with Gasteiger partial charge in [-0.05, 0) is 37.1 Å². The van der Waals surface area contributed by atoms with Crippen molar-refractivity contribution in [3.8, 4) is 10.6 Å². The van der Waals surface area contributed by atoms with Crippen molar-refractivity contribution in [1.82, 2.24) is 4.98 Å². The molecule has 0 radical (unpaired) electrons. The highest BCUT2D eigenvalue weighted by atomic mass is 32.1. The van der Waals surface area contributed by atoms with Crippen LogP contribution < -0.4 is 5.32 Å². The Hall–Kier alpha value is -2.46. The van der Waals surface area contributed by atoms with E-state index in [9.17, 15) is 4.79 Å². The first-order valence-corrected chi connectivity index (χ1v) is 7.84. The molecule has 0 aliphatic heterocycles. The molecule has 1 amide bonds. The first-order valence-electron chi connectivity index (χ1n) is 7.03. The molecule has 110 valence electrons. The monoisotopic (exact) mass is 308 g/mol. The van der Waals surface area contributed by atoms with Crippen LogP contribution in [0.15, 0.2) is 54.7 Å². The lowest BCUT2D eigenvalue weighted by molar-refractivity contribution is 0.103. The van der Waals surface area contributed by atoms with Crippen LogP contribution in [0.2, 0.25) is 0 Å². The zero-order chi connectivity index (χ0) is 15.5. The van der Waals surface area contributed by atoms with Crippen molar-refractivity contribution in [3.63, 3.8) is 0 Å². The Labute approximate surface area is 133 Å². The largest absolute Gasteiger partial charge is 0.321 e. The molecule has 0 saturated carbocycles. The number of nitrogens with zero attached hydrogens (tertiary/aromatic N) is 1. The number of hydrogen-bond donors (Lipinski definition) is 1. The summed E-state index contributed by atoms with van der Waals surface area (Å²) in [7, 11) is 0. The Kier molecular flexibility index (Phi) is 4.02. The molecule has 0 atom stereocenters. The Balaban J connectivity index is 1.80. The lowest BCUT2D eigenvalue weighted by atomic mass is 10.1. The fourth-order valence-electron chi connectivity index (χ4n) is 2.33. The molecule has 0 unspecified atom stereocenters. The van der Waals surface area contributed by atoms with Gasteiger partial charge in [-0.15, -0.1) is 11.3 Å². The Morgan fingerprint density at radius 2 is 1.73 bits per heavy atom. The molecule has 4 heteroatoms. The zero-order valence-corrected chi connectivity index (χ0v) is 13.3. The van der Waals surface area contributed by atoms with Crippen molar-refractivity contribution < 1.29 is 4.79 Å². The van der Waals surface area contributed by atoms with Crippen molar-refractivity contribution in [2.45, 2.75) is 13.8 Å². The van der Waals surface area contributed by atoms with E-state index in [0.717, 1.165) is 27.4 Å². The molecule has 0 saturated heterocycles. The van der Waals surface area contributed by atoms with Crippen LogP contribution in [0.25, 0.3) is 10.6 Å². The first-order chi connectivity index (χ1) is 10.6. The molecule has 1 heterocycles. The zero-order valence-electron chi connectivity index (χ0n) is 12.5. The number of benzene rings is 2. The summed E-state index contributed by atoms with van der Waals surface area (Å²) in [6.45, 7) is 4.03. The second-order valence-electron chi connectivity index (χ2n) is 5.23. The number of thiazole rings is 1. The van der Waals surface area contributed by atoms with Gasteiger partial charge in [0.1, 0.15) is 9.88 Å². The molecule has 22 heavy (non-hydrogen) atoms. The number of anilines is 1. The van der Waals surface area contributed by atoms with Gasteiger partial charge in [0.2, 0.25) is 0 Å². The number of hydrogen-bond acceptors (Lipinski definition) is 3. The molecule has 0 bridgehead atoms. The highest BCUT2D eigenvalue weighted by Crippen LogP contribution is 2.25. The summed E-state index contributed by atoms with van der Waals surface area (Å²) >= 11 is 1.40. The number of aromatic nitrogens is 1. The van der Waals surface area contributed by atoms with Gasteiger partial charge >= 0.3 is 0 Å². The lowest BCUT2D eigenvalue weighted by Crippen LogP contribution is -2.10. The van der Waals surface area contributed by atoms with Crippen LogP contribution in [-0.2, 0) is 0 Å². The molecular weight excluding hydrogens is 292 g/mol. The van der Waals surface area contributed by atoms with Gasteiger partial charge in [-0.3, -0.25) is 4.79 Å². The molecular formula is C18H16N2OS. The van der Waals surface area contributed by atoms with E-state index in [1.54, 1.807) is 6.20 Å². The average Bonchev–Trinajstić information content (AvgIpc) is 2.97. The minimum atomic E-state index is -0.121. The molecule has 0 spiro atoms. The number of rotatable bonds is 3. The van der Waals surface area contributed by atoms with Crippen molar-refractivity contribution in [3.05, 3.63) is 70.7 Å². The highest BCUT2D eigenvalue weighted by Gasteiger charge is 2.12. The third-order valence-electron chi connectivity index (χ3n) is 3.23. The van der Waals surface area contributed by atoms with Crippen LogP contribution >= 0.6 is 11.3 Å². The Bertz CT molecular complexity index is 789. The lowest BCUT2D eigenvalue weighted by Gasteiger charge is -2.06. The number of aryl methyl sites for hydroxylation is 2. The fraction of sp³-hybridized carbons (Fsp3) is 0.111. The van der Waals surface area contributed by atoms with Crippen LogP contribution in [0, 0.1) is 13.8 Å². The van der Waals surface area contributed by atoms with Crippen LogP contribution in [0.5, 0.6) is 0 Å². The number of carbonyl (C=O) groups is 1. The van der Waals surface area contributed by atoms with Gasteiger partial charge in [0, 0.05) is 11.3 Å². The fourth-order valence-corrected chi connectivity index (χ4v) is 3.15. The van der Waals surface area contributed by atoms with Gasteiger partial charge in [0.25, 0.3) is 5.91 Å². The quantitative estimate of drug-likeness (QED) is 0.763. The molecule has 0 fully saturated rings. The molecule has 0 aliphatic carbocycles. The summed E-state index contributed by atoms with van der Waals surface area (Å²) in [6.07, 6.45) is 1.63. The second-order valence-corrected chi connectivity index (χ2v) is 6.26. The first kappa shape index (κ1) is 14.5. The molecule has 2 aromatic carbocycles. The number of carbonyl (C=O) groups excluding carboxylic acids is 1. The highest BCUT2D eigenvalue weighted by molar-refractivity contribution is 7.17. The molecule has 1 aromatic heterocycles. The summed E-state index contributed by atoms with van der Waals surface area (Å²) in [6, 6.07) is 15.9. The summed E-state index contributed by atoms with van der Waals surface area (Å²) in [5, 5.41) is 3.79. The van der Waals surface area contributed by atoms with E-state index in [-0.39, 0.29) is 5.91 Å². The maximum Gasteiger partial charge on any atom is 0.267 e. The van der Waals surface area contributed by atoms with Crippen molar-refractivity contribution >= 4 is 22.9 Å². The maximum atomic E-state index is 12.3. The molecule has 3 aromatic rings. The van der Waals surface area contributed by atoms with Crippen LogP contribution in [0.1, 0.15) is 20.8 Å². The van der Waals surface area contributed by atoms with E-state index in [0.29, 0.717) is 4.88 Å². The molecule has 0 aliphatic rings. The van der Waals surface area contributed by atoms with E-state index < -0.39 is 0 Å². The number of nitrogens with one attached hydrogen (secondary N) is 1. The van der Waals surface area contributed by atoms with E-state index >= 15 is 0 Å². The minimum Gasteiger partial charge on any atom is -0.321 e. The SMILES string of the molecule is Cc1cc(C)cc(NC(=O)c2cnc(-c3ccccc3)s2)c1. The summed E-state index contributed by atoms with van der Waals surface area (Å²) in [5.41, 5.74) is 4.10. The van der Waals surface area contributed by atoms with Crippen molar-refractivity contribution in [1.29, 1.82) is 0 Å². The van der Waals surface area contributed by atoms with Gasteiger partial charge in [-0.25, -0.2) is 4.98 Å². The normalized spacial score (nSPS) is 10.5. The summed E-state index contributed by atoms with van der Waals surface area (Å²) < 4.78 is 0. The summed E-state index contributed by atoms with van der Waals surface area (Å²) in [5.74, 6) is -0.121. The van der Waals surface area contributed by atoms with Gasteiger partial charge in [0.15, 0.2) is 0 Å². The predicted molar refractivity (Wildman–Crippen MR) is 91.4 cm³/mol. The van der Waals surface area contributed by atoms with E-state index in [1.807, 2.05) is 56.3 Å². The summed E-state index contributed by atoms with van der Waals surface area (Å²) in [4.78, 5) is 17.3. The van der Waals surface area contributed by atoms with Crippen LogP contribution in [0.3, 0.4) is 0 Å². The third kappa shape index (κ3) is 3.23. The van der Waals surface area contributed by atoms with Crippen molar-refractivity contribution in [2.24, 2.45) is 0 Å². The van der Waals surface area contributed by atoms with Crippen molar-refractivity contribution in [2.75, 3.05) is 5.32 Å². The smallest absolute Gasteiger partial charge is 0.267 e. The second kappa shape index (κ2) is 6.12. The van der Waals surface area contributed by atoms with E-state index in [2.05, 4.69) is 16.4 Å². The molecule has 3 rings (SSSR count). The maximum absolute atomic E-state index is 12.3. The van der Waals surface area contributed by atoms with Crippen LogP contribution in [-0.4, -0.2) is 10.9 Å². The van der Waals surface area contributed by atoms with Gasteiger partial charge in [-0.2, -0.15) is 0 Å². The Morgan fingerprint density at radius 3 is 2.41 bits per heavy atom. The molecule has 1 N–H and O–H groups in total. The van der Waals surface area contributed by atoms with Crippen LogP contribution in [0.4, 0.5) is 5.69 Å². The van der Waals surface area contributed by atoms with Gasteiger partial charge in [0.05, 0.1) is 6.20 Å². The van der Waals surface area contributed by atoms with E-state index in [1.165, 1.54) is 11.3 Å². The standard InChI is InChI=1S/C18H16N2OS/c1-12-8-13(2)10-15(9-12)20-17(21)16-11-19-18(22-16)14-6-4-3-5-7-14/h3-11H,1-2H3,(H,20,21). The molecule has 3 nitrogen and oxygen atoms in total.